The molecule has 9 heteroatoms. The highest BCUT2D eigenvalue weighted by atomic mass is 79.9. The maximum Gasteiger partial charge on any atom is 0.271 e. The van der Waals surface area contributed by atoms with Crippen molar-refractivity contribution in [2.45, 2.75) is 13.0 Å². The maximum atomic E-state index is 14.0. The van der Waals surface area contributed by atoms with Crippen LogP contribution in [-0.4, -0.2) is 24.2 Å². The molecule has 4 aromatic rings. The predicted molar refractivity (Wildman–Crippen MR) is 160 cm³/mol. The Bertz CT molecular complexity index is 1830. The second kappa shape index (κ2) is 11.8. The van der Waals surface area contributed by atoms with E-state index in [1.165, 1.54) is 11.3 Å². The van der Waals surface area contributed by atoms with E-state index in [0.29, 0.717) is 43.4 Å². The second-order valence-electron chi connectivity index (χ2n) is 8.85. The van der Waals surface area contributed by atoms with Crippen molar-refractivity contribution in [2.75, 3.05) is 19.0 Å². The minimum Gasteiger partial charge on any atom is -0.497 e. The average molecular weight is 615 g/mol. The van der Waals surface area contributed by atoms with Gasteiger partial charge in [0.05, 0.1) is 29.0 Å². The van der Waals surface area contributed by atoms with Crippen molar-refractivity contribution in [1.82, 2.24) is 4.57 Å². The van der Waals surface area contributed by atoms with Crippen LogP contribution in [0.2, 0.25) is 0 Å². The quantitative estimate of drug-likeness (QED) is 0.308. The standard InChI is InChI=1S/C31H24BrN3O4S/c1-4-16-39-25-15-12-22(32)17-21(25)18-26-30(37)35-28(20-10-13-24(38-3)14-11-20)27(19(2)33-31(35)40-26)29(36)34-23-8-6-5-7-9-23/h1,5-15,17-18,28H,16H2,2-3H3,(H,34,36)/b26-18+/t28-/m1/s1. The first-order valence-electron chi connectivity index (χ1n) is 12.3. The molecule has 5 rings (SSSR count). The summed E-state index contributed by atoms with van der Waals surface area (Å²) in [6, 6.07) is 21.3. The molecule has 7 nitrogen and oxygen atoms in total. The lowest BCUT2D eigenvalue weighted by molar-refractivity contribution is -0.113. The number of nitrogens with zero attached hydrogens (tertiary/aromatic N) is 2. The van der Waals surface area contributed by atoms with Gasteiger partial charge in [0.15, 0.2) is 4.80 Å². The van der Waals surface area contributed by atoms with E-state index in [-0.39, 0.29) is 18.1 Å². The van der Waals surface area contributed by atoms with Gasteiger partial charge in [-0.1, -0.05) is 63.5 Å². The molecule has 1 amide bonds. The first kappa shape index (κ1) is 27.2. The molecule has 0 saturated carbocycles. The fourth-order valence-corrected chi connectivity index (χ4v) is 5.87. The Balaban J connectivity index is 1.67. The third-order valence-corrected chi connectivity index (χ3v) is 7.78. The number of allylic oxidation sites excluding steroid dienone is 1. The zero-order valence-electron chi connectivity index (χ0n) is 21.7. The Morgan fingerprint density at radius 3 is 2.62 bits per heavy atom. The fourth-order valence-electron chi connectivity index (χ4n) is 4.46. The highest BCUT2D eigenvalue weighted by molar-refractivity contribution is 9.10. The number of hydrogen-bond acceptors (Lipinski definition) is 6. The number of hydrogen-bond donors (Lipinski definition) is 1. The van der Waals surface area contributed by atoms with Crippen LogP contribution in [0.25, 0.3) is 6.08 Å². The lowest BCUT2D eigenvalue weighted by Crippen LogP contribution is -2.40. The topological polar surface area (TPSA) is 81.9 Å². The van der Waals surface area contributed by atoms with E-state index in [4.69, 9.17) is 20.9 Å². The Kier molecular flexibility index (Phi) is 8.01. The number of amides is 1. The number of para-hydroxylation sites is 1. The smallest absolute Gasteiger partial charge is 0.271 e. The second-order valence-corrected chi connectivity index (χ2v) is 10.8. The molecule has 1 N–H and O–H groups in total. The minimum atomic E-state index is -0.701. The summed E-state index contributed by atoms with van der Waals surface area (Å²) in [5.74, 6) is 3.35. The molecule has 3 aromatic carbocycles. The number of nitrogens with one attached hydrogen (secondary N) is 1. The van der Waals surface area contributed by atoms with Crippen LogP contribution in [0, 0.1) is 12.3 Å². The predicted octanol–water partition coefficient (Wildman–Crippen LogP) is 4.66. The maximum absolute atomic E-state index is 14.0. The van der Waals surface area contributed by atoms with Gasteiger partial charge in [0.2, 0.25) is 0 Å². The monoisotopic (exact) mass is 613 g/mol. The minimum absolute atomic E-state index is 0.0975. The molecule has 0 spiro atoms. The van der Waals surface area contributed by atoms with Crippen molar-refractivity contribution < 1.29 is 14.3 Å². The number of rotatable bonds is 7. The normalized spacial score (nSPS) is 14.7. The first-order valence-corrected chi connectivity index (χ1v) is 13.9. The van der Waals surface area contributed by atoms with Gasteiger partial charge in [0, 0.05) is 15.7 Å². The van der Waals surface area contributed by atoms with Crippen LogP contribution < -0.4 is 29.7 Å². The zero-order valence-corrected chi connectivity index (χ0v) is 24.1. The molecular formula is C31H24BrN3O4S. The Labute approximate surface area is 243 Å². The Morgan fingerprint density at radius 2 is 1.93 bits per heavy atom. The van der Waals surface area contributed by atoms with Gasteiger partial charge in [0.1, 0.15) is 18.1 Å². The van der Waals surface area contributed by atoms with Gasteiger partial charge >= 0.3 is 0 Å². The van der Waals surface area contributed by atoms with E-state index in [9.17, 15) is 9.59 Å². The fraction of sp³-hybridized carbons (Fsp3) is 0.129. The van der Waals surface area contributed by atoms with Gasteiger partial charge in [-0.15, -0.1) is 6.42 Å². The van der Waals surface area contributed by atoms with Gasteiger partial charge < -0.3 is 14.8 Å². The molecule has 40 heavy (non-hydrogen) atoms. The SMILES string of the molecule is C#CCOc1ccc(Br)cc1/C=c1/sc2n(c1=O)[C@H](c1ccc(OC)cc1)C(C(=O)Nc1ccccc1)=C(C)N=2. The van der Waals surface area contributed by atoms with Gasteiger partial charge in [-0.3, -0.25) is 14.2 Å². The van der Waals surface area contributed by atoms with Crippen LogP contribution in [0.5, 0.6) is 11.5 Å². The number of anilines is 1. The summed E-state index contributed by atoms with van der Waals surface area (Å²) in [7, 11) is 1.59. The molecule has 1 aliphatic rings. The summed E-state index contributed by atoms with van der Waals surface area (Å²) in [6.07, 6.45) is 7.14. The van der Waals surface area contributed by atoms with E-state index >= 15 is 0 Å². The number of terminal acetylenes is 1. The highest BCUT2D eigenvalue weighted by Gasteiger charge is 2.32. The molecule has 0 fully saturated rings. The number of carbonyl (C=O) groups is 1. The first-order chi connectivity index (χ1) is 19.4. The average Bonchev–Trinajstić information content (AvgIpc) is 3.26. The number of benzene rings is 3. The Hall–Kier alpha value is -4.39. The summed E-state index contributed by atoms with van der Waals surface area (Å²) in [5, 5.41) is 2.96. The lowest BCUT2D eigenvalue weighted by atomic mass is 9.95. The third-order valence-electron chi connectivity index (χ3n) is 6.30. The van der Waals surface area contributed by atoms with Gasteiger partial charge in [0.25, 0.3) is 11.5 Å². The molecule has 200 valence electrons. The van der Waals surface area contributed by atoms with Gasteiger partial charge in [-0.2, -0.15) is 0 Å². The molecule has 0 bridgehead atoms. The summed E-state index contributed by atoms with van der Waals surface area (Å²) >= 11 is 4.74. The summed E-state index contributed by atoms with van der Waals surface area (Å²) < 4.78 is 13.9. The summed E-state index contributed by atoms with van der Waals surface area (Å²) in [6.45, 7) is 1.88. The third kappa shape index (κ3) is 5.50. The van der Waals surface area contributed by atoms with Crippen molar-refractivity contribution in [3.63, 3.8) is 0 Å². The Morgan fingerprint density at radius 1 is 1.18 bits per heavy atom. The van der Waals surface area contributed by atoms with Crippen molar-refractivity contribution in [2.24, 2.45) is 4.99 Å². The zero-order chi connectivity index (χ0) is 28.2. The van der Waals surface area contributed by atoms with Crippen molar-refractivity contribution in [1.29, 1.82) is 0 Å². The largest absolute Gasteiger partial charge is 0.497 e. The van der Waals surface area contributed by atoms with Crippen molar-refractivity contribution in [3.05, 3.63) is 119 Å². The van der Waals surface area contributed by atoms with Gasteiger partial charge in [-0.05, 0) is 61.0 Å². The van der Waals surface area contributed by atoms with Crippen LogP contribution in [0.3, 0.4) is 0 Å². The molecule has 0 unspecified atom stereocenters. The van der Waals surface area contributed by atoms with Crippen molar-refractivity contribution in [3.8, 4) is 23.8 Å². The number of aromatic nitrogens is 1. The number of thiazole rings is 1. The summed E-state index contributed by atoms with van der Waals surface area (Å²) in [4.78, 5) is 32.9. The number of methoxy groups -OCH3 is 1. The summed E-state index contributed by atoms with van der Waals surface area (Å²) in [5.41, 5.74) is 2.73. The molecule has 0 aliphatic carbocycles. The number of fused-ring (bicyclic) bond motifs is 1. The van der Waals surface area contributed by atoms with Crippen LogP contribution in [0.4, 0.5) is 5.69 Å². The van der Waals surface area contributed by atoms with E-state index < -0.39 is 6.04 Å². The molecule has 1 aliphatic heterocycles. The number of ether oxygens (including phenoxy) is 2. The van der Waals surface area contributed by atoms with E-state index in [0.717, 1.165) is 10.0 Å². The lowest BCUT2D eigenvalue weighted by Gasteiger charge is -2.25. The van der Waals surface area contributed by atoms with E-state index in [1.807, 2.05) is 66.7 Å². The molecular weight excluding hydrogens is 590 g/mol. The highest BCUT2D eigenvalue weighted by Crippen LogP contribution is 2.32. The van der Waals surface area contributed by atoms with Crippen molar-refractivity contribution >= 4 is 44.9 Å². The number of carbonyl (C=O) groups excluding carboxylic acids is 1. The van der Waals surface area contributed by atoms with E-state index in [2.05, 4.69) is 27.2 Å². The van der Waals surface area contributed by atoms with Crippen LogP contribution in [-0.2, 0) is 4.79 Å². The van der Waals surface area contributed by atoms with Crippen LogP contribution >= 0.6 is 27.3 Å². The van der Waals surface area contributed by atoms with Crippen LogP contribution in [0.1, 0.15) is 24.1 Å². The van der Waals surface area contributed by atoms with E-state index in [1.54, 1.807) is 30.7 Å². The molecule has 0 saturated heterocycles. The molecule has 0 radical (unpaired) electrons. The number of halogens is 1. The molecule has 1 aromatic heterocycles. The van der Waals surface area contributed by atoms with Crippen LogP contribution in [0.15, 0.2) is 98.3 Å². The van der Waals surface area contributed by atoms with Gasteiger partial charge in [-0.25, -0.2) is 4.99 Å². The molecule has 1 atom stereocenters. The molecule has 2 heterocycles.